The van der Waals surface area contributed by atoms with Gasteiger partial charge in [0.2, 0.25) is 0 Å². The maximum absolute atomic E-state index is 10.3. The molecule has 5 nitrogen and oxygen atoms in total. The average Bonchev–Trinajstić information content (AvgIpc) is 2.82. The molecule has 6 heteroatoms. The monoisotopic (exact) mass is 479 g/mol. The van der Waals surface area contributed by atoms with Crippen molar-refractivity contribution < 1.29 is 14.5 Å². The summed E-state index contributed by atoms with van der Waals surface area (Å²) in [6.45, 7) is 12.9. The predicted octanol–water partition coefficient (Wildman–Crippen LogP) is 6.07. The molecule has 0 aliphatic rings. The minimum atomic E-state index is -0.0505. The van der Waals surface area contributed by atoms with Crippen LogP contribution < -0.4 is 14.9 Å². The lowest BCUT2D eigenvalue weighted by Crippen LogP contribution is -2.25. The van der Waals surface area contributed by atoms with Crippen molar-refractivity contribution in [2.75, 3.05) is 7.11 Å². The Hall–Kier alpha value is -3.80. The number of nitrogens with zero attached hydrogens (tertiary/aromatic N) is 2. The minimum Gasteiger partial charge on any atom is -0.553 e. The molecule has 1 aromatic heterocycles. The van der Waals surface area contributed by atoms with Crippen molar-refractivity contribution in [3.63, 3.8) is 0 Å². The number of hydrogen-bond donors (Lipinski definition) is 1. The highest BCUT2D eigenvalue weighted by Gasteiger charge is 2.20. The summed E-state index contributed by atoms with van der Waals surface area (Å²) in [7, 11) is 3.14. The highest BCUT2D eigenvalue weighted by molar-refractivity contribution is 6.50. The third-order valence-corrected chi connectivity index (χ3v) is 6.26. The van der Waals surface area contributed by atoms with Crippen LogP contribution in [0.25, 0.3) is 22.5 Å². The molecule has 183 valence electrons. The van der Waals surface area contributed by atoms with Crippen LogP contribution in [0.3, 0.4) is 0 Å². The highest BCUT2D eigenvalue weighted by Crippen LogP contribution is 2.36. The Morgan fingerprint density at radius 1 is 0.889 bits per heavy atom. The van der Waals surface area contributed by atoms with E-state index in [0.29, 0.717) is 11.6 Å². The van der Waals surface area contributed by atoms with Gasteiger partial charge >= 0.3 is 7.48 Å². The van der Waals surface area contributed by atoms with Crippen molar-refractivity contribution in [1.29, 1.82) is 0 Å². The first kappa shape index (κ1) is 25.3. The molecule has 0 spiro atoms. The van der Waals surface area contributed by atoms with E-state index in [4.69, 9.17) is 19.4 Å². The molecule has 0 unspecified atom stereocenters. The number of para-hydroxylation sites is 1. The van der Waals surface area contributed by atoms with Gasteiger partial charge in [0, 0.05) is 23.5 Å². The van der Waals surface area contributed by atoms with Crippen molar-refractivity contribution in [3.8, 4) is 39.8 Å². The smallest absolute Gasteiger partial charge is 0.409 e. The van der Waals surface area contributed by atoms with Crippen LogP contribution in [0.4, 0.5) is 0 Å². The van der Waals surface area contributed by atoms with Crippen molar-refractivity contribution in [3.05, 3.63) is 83.2 Å². The molecule has 4 rings (SSSR count). The first-order valence-corrected chi connectivity index (χ1v) is 12.0. The molecule has 0 atom stereocenters. The van der Waals surface area contributed by atoms with Gasteiger partial charge < -0.3 is 14.5 Å². The Morgan fingerprint density at radius 3 is 2.17 bits per heavy atom. The van der Waals surface area contributed by atoms with Crippen molar-refractivity contribution in [2.45, 2.75) is 47.0 Å². The summed E-state index contributed by atoms with van der Waals surface area (Å²) in [5, 5.41) is 10.3. The van der Waals surface area contributed by atoms with Gasteiger partial charge in [-0.3, -0.25) is 0 Å². The first-order valence-electron chi connectivity index (χ1n) is 12.0. The third-order valence-electron chi connectivity index (χ3n) is 6.26. The lowest BCUT2D eigenvalue weighted by Gasteiger charge is -2.21. The molecule has 0 saturated carbocycles. The number of aromatic nitrogens is 2. The van der Waals surface area contributed by atoms with E-state index in [9.17, 15) is 5.11 Å². The number of phenols is 1. The zero-order valence-electron chi connectivity index (χ0n) is 22.0. The molecule has 3 aromatic carbocycles. The van der Waals surface area contributed by atoms with Crippen LogP contribution in [-0.2, 0) is 5.41 Å². The van der Waals surface area contributed by atoms with E-state index in [2.05, 4.69) is 65.8 Å². The Bertz CT molecular complexity index is 1370. The largest absolute Gasteiger partial charge is 0.553 e. The summed E-state index contributed by atoms with van der Waals surface area (Å²) in [5.74, 6) is 1.31. The van der Waals surface area contributed by atoms with Crippen LogP contribution in [0.2, 0.25) is 0 Å². The van der Waals surface area contributed by atoms with E-state index >= 15 is 0 Å². The number of ether oxygens (including phenoxy) is 1. The van der Waals surface area contributed by atoms with Gasteiger partial charge in [-0.1, -0.05) is 56.7 Å². The van der Waals surface area contributed by atoms with Crippen molar-refractivity contribution in [2.24, 2.45) is 0 Å². The third kappa shape index (κ3) is 5.23. The van der Waals surface area contributed by atoms with Crippen LogP contribution >= 0.6 is 0 Å². The van der Waals surface area contributed by atoms with E-state index < -0.39 is 0 Å². The number of phenolic OH excluding ortho intramolecular Hbond substituents is 1. The number of aryl methyl sites for hydroxylation is 3. The lowest BCUT2D eigenvalue weighted by atomic mass is 9.78. The quantitative estimate of drug-likeness (QED) is 0.340. The SMILES string of the molecule is COc1cccc(O)c1O[B]c1ccc(C(C)(C)C)cc1-c1ncc(-c2c(C)cc(C)cc2C)cn1. The van der Waals surface area contributed by atoms with Gasteiger partial charge in [0.25, 0.3) is 0 Å². The number of rotatable bonds is 6. The van der Waals surface area contributed by atoms with Crippen LogP contribution in [0, 0.1) is 20.8 Å². The molecule has 0 amide bonds. The minimum absolute atomic E-state index is 0.00269. The summed E-state index contributed by atoms with van der Waals surface area (Å²) >= 11 is 0. The van der Waals surface area contributed by atoms with Crippen molar-refractivity contribution in [1.82, 2.24) is 9.97 Å². The fraction of sp³-hybridized carbons (Fsp3) is 0.267. The number of benzene rings is 3. The second-order valence-corrected chi connectivity index (χ2v) is 10.2. The lowest BCUT2D eigenvalue weighted by molar-refractivity contribution is 0.380. The second-order valence-electron chi connectivity index (χ2n) is 10.2. The molecule has 0 fully saturated rings. The Labute approximate surface area is 214 Å². The second kappa shape index (κ2) is 10.1. The predicted molar refractivity (Wildman–Crippen MR) is 146 cm³/mol. The fourth-order valence-electron chi connectivity index (χ4n) is 4.46. The maximum atomic E-state index is 10.3. The summed E-state index contributed by atoms with van der Waals surface area (Å²) in [4.78, 5) is 9.52. The summed E-state index contributed by atoms with van der Waals surface area (Å²) in [5.41, 5.74) is 8.56. The van der Waals surface area contributed by atoms with Gasteiger partial charge in [0.05, 0.1) is 7.11 Å². The Kier molecular flexibility index (Phi) is 7.07. The van der Waals surface area contributed by atoms with Gasteiger partial charge in [-0.2, -0.15) is 0 Å². The van der Waals surface area contributed by atoms with Crippen LogP contribution in [0.15, 0.2) is 60.9 Å². The Balaban J connectivity index is 1.73. The number of hydrogen-bond acceptors (Lipinski definition) is 5. The summed E-state index contributed by atoms with van der Waals surface area (Å²) in [6.07, 6.45) is 3.76. The average molecular weight is 479 g/mol. The topological polar surface area (TPSA) is 64.5 Å². The normalized spacial score (nSPS) is 11.3. The molecule has 1 heterocycles. The van der Waals surface area contributed by atoms with Crippen LogP contribution in [-0.4, -0.2) is 29.7 Å². The highest BCUT2D eigenvalue weighted by atomic mass is 16.5. The van der Waals surface area contributed by atoms with E-state index in [1.165, 1.54) is 23.8 Å². The molecule has 4 aromatic rings. The van der Waals surface area contributed by atoms with Crippen LogP contribution in [0.1, 0.15) is 43.0 Å². The first-order chi connectivity index (χ1) is 17.1. The van der Waals surface area contributed by atoms with E-state index in [1.54, 1.807) is 25.7 Å². The zero-order valence-corrected chi connectivity index (χ0v) is 22.0. The molecule has 0 aliphatic heterocycles. The number of aromatic hydroxyl groups is 1. The Morgan fingerprint density at radius 2 is 1.56 bits per heavy atom. The number of methoxy groups -OCH3 is 1. The van der Waals surface area contributed by atoms with E-state index in [0.717, 1.165) is 27.7 Å². The van der Waals surface area contributed by atoms with Crippen LogP contribution in [0.5, 0.6) is 17.2 Å². The van der Waals surface area contributed by atoms with Gasteiger partial charge in [-0.25, -0.2) is 9.97 Å². The maximum Gasteiger partial charge on any atom is 0.409 e. The molecular weight excluding hydrogens is 447 g/mol. The molecule has 36 heavy (non-hydrogen) atoms. The molecular formula is C30H32BN2O3. The zero-order chi connectivity index (χ0) is 26.0. The molecule has 1 N–H and O–H groups in total. The summed E-state index contributed by atoms with van der Waals surface area (Å²) in [6, 6.07) is 15.5. The van der Waals surface area contributed by atoms with Gasteiger partial charge in [0.1, 0.15) is 0 Å². The van der Waals surface area contributed by atoms with E-state index in [1.807, 2.05) is 18.5 Å². The molecule has 0 bridgehead atoms. The fourth-order valence-corrected chi connectivity index (χ4v) is 4.46. The van der Waals surface area contributed by atoms with Gasteiger partial charge in [-0.15, -0.1) is 0 Å². The van der Waals surface area contributed by atoms with Gasteiger partial charge in [-0.05, 0) is 72.1 Å². The van der Waals surface area contributed by atoms with E-state index in [-0.39, 0.29) is 16.9 Å². The molecule has 1 radical (unpaired) electrons. The molecule has 0 aliphatic carbocycles. The van der Waals surface area contributed by atoms with Crippen molar-refractivity contribution >= 4 is 12.9 Å². The molecule has 0 saturated heterocycles. The summed E-state index contributed by atoms with van der Waals surface area (Å²) < 4.78 is 11.3. The van der Waals surface area contributed by atoms with Gasteiger partial charge in [0.15, 0.2) is 23.1 Å². The standard InChI is InChI=1S/C30H32BN2O3/c1-18-13-19(2)27(20(3)14-18)21-16-32-29(33-17-21)23-15-22(30(4,5)6)11-12-24(23)31-36-28-25(34)9-8-10-26(28)35-7/h8-17,34H,1-7H3.